The largest absolute Gasteiger partial charge is 0.375 e. The van der Waals surface area contributed by atoms with E-state index in [0.717, 1.165) is 26.2 Å². The maximum atomic E-state index is 5.67. The Hall–Kier alpha value is -0.900. The lowest BCUT2D eigenvalue weighted by Crippen LogP contribution is -2.19. The first kappa shape index (κ1) is 16.2. The SMILES string of the molecule is CC(C)CNCc1cccc(COCCN(C)C)c1. The summed E-state index contributed by atoms with van der Waals surface area (Å²) >= 11 is 0. The molecule has 0 aromatic heterocycles. The van der Waals surface area contributed by atoms with E-state index in [2.05, 4.69) is 62.4 Å². The van der Waals surface area contributed by atoms with Crippen molar-refractivity contribution in [2.45, 2.75) is 27.0 Å². The molecule has 0 fully saturated rings. The smallest absolute Gasteiger partial charge is 0.0717 e. The molecule has 0 aliphatic heterocycles. The summed E-state index contributed by atoms with van der Waals surface area (Å²) in [6, 6.07) is 8.62. The summed E-state index contributed by atoms with van der Waals surface area (Å²) in [5, 5.41) is 3.46. The summed E-state index contributed by atoms with van der Waals surface area (Å²) in [4.78, 5) is 2.13. The summed E-state index contributed by atoms with van der Waals surface area (Å²) in [7, 11) is 4.12. The Balaban J connectivity index is 2.31. The van der Waals surface area contributed by atoms with Gasteiger partial charge in [0, 0.05) is 13.1 Å². The summed E-state index contributed by atoms with van der Waals surface area (Å²) in [6.07, 6.45) is 0. The molecule has 1 rings (SSSR count). The zero-order valence-corrected chi connectivity index (χ0v) is 12.8. The number of ether oxygens (including phenoxy) is 1. The lowest BCUT2D eigenvalue weighted by atomic mass is 10.1. The number of nitrogens with one attached hydrogen (secondary N) is 1. The van der Waals surface area contributed by atoms with Crippen LogP contribution in [0.3, 0.4) is 0 Å². The molecular weight excluding hydrogens is 236 g/mol. The van der Waals surface area contributed by atoms with Crippen molar-refractivity contribution in [3.05, 3.63) is 35.4 Å². The van der Waals surface area contributed by atoms with Crippen LogP contribution >= 0.6 is 0 Å². The number of hydrogen-bond acceptors (Lipinski definition) is 3. The highest BCUT2D eigenvalue weighted by Crippen LogP contribution is 2.07. The Morgan fingerprint density at radius 2 is 1.95 bits per heavy atom. The van der Waals surface area contributed by atoms with Crippen molar-refractivity contribution >= 4 is 0 Å². The van der Waals surface area contributed by atoms with Crippen LogP contribution in [-0.2, 0) is 17.9 Å². The number of hydrogen-bond donors (Lipinski definition) is 1. The van der Waals surface area contributed by atoms with Crippen LogP contribution in [0.1, 0.15) is 25.0 Å². The second-order valence-electron chi connectivity index (χ2n) is 5.70. The Bertz CT molecular complexity index is 350. The number of likely N-dealkylation sites (N-methyl/N-ethyl adjacent to an activating group) is 1. The van der Waals surface area contributed by atoms with Gasteiger partial charge in [0.1, 0.15) is 0 Å². The molecule has 0 unspecified atom stereocenters. The molecule has 1 N–H and O–H groups in total. The van der Waals surface area contributed by atoms with E-state index in [9.17, 15) is 0 Å². The summed E-state index contributed by atoms with van der Waals surface area (Å²) in [5.74, 6) is 0.692. The van der Waals surface area contributed by atoms with Crippen molar-refractivity contribution in [3.63, 3.8) is 0 Å². The molecule has 0 radical (unpaired) electrons. The molecule has 3 nitrogen and oxygen atoms in total. The molecule has 1 aromatic carbocycles. The van der Waals surface area contributed by atoms with E-state index in [1.807, 2.05) is 0 Å². The first-order chi connectivity index (χ1) is 9.08. The van der Waals surface area contributed by atoms with Gasteiger partial charge in [-0.25, -0.2) is 0 Å². The topological polar surface area (TPSA) is 24.5 Å². The molecule has 19 heavy (non-hydrogen) atoms. The van der Waals surface area contributed by atoms with E-state index in [1.165, 1.54) is 11.1 Å². The highest BCUT2D eigenvalue weighted by Gasteiger charge is 1.98. The Kier molecular flexibility index (Phi) is 7.72. The summed E-state index contributed by atoms with van der Waals surface area (Å²) in [5.41, 5.74) is 2.58. The van der Waals surface area contributed by atoms with Crippen LogP contribution in [0.5, 0.6) is 0 Å². The predicted octanol–water partition coefficient (Wildman–Crippen LogP) is 2.51. The van der Waals surface area contributed by atoms with Gasteiger partial charge in [0.25, 0.3) is 0 Å². The normalized spacial score (nSPS) is 11.5. The first-order valence-corrected chi connectivity index (χ1v) is 7.09. The van der Waals surface area contributed by atoms with Crippen molar-refractivity contribution < 1.29 is 4.74 Å². The van der Waals surface area contributed by atoms with Crippen molar-refractivity contribution in [3.8, 4) is 0 Å². The van der Waals surface area contributed by atoms with Gasteiger partial charge in [0.15, 0.2) is 0 Å². The Labute approximate surface area is 118 Å². The van der Waals surface area contributed by atoms with Gasteiger partial charge in [-0.2, -0.15) is 0 Å². The molecular formula is C16H28N2O. The third-order valence-corrected chi connectivity index (χ3v) is 2.82. The molecule has 0 aliphatic carbocycles. The van der Waals surface area contributed by atoms with E-state index in [0.29, 0.717) is 12.5 Å². The third-order valence-electron chi connectivity index (χ3n) is 2.82. The van der Waals surface area contributed by atoms with Gasteiger partial charge < -0.3 is 15.0 Å². The second-order valence-corrected chi connectivity index (χ2v) is 5.70. The van der Waals surface area contributed by atoms with E-state index in [4.69, 9.17) is 4.74 Å². The average molecular weight is 264 g/mol. The minimum atomic E-state index is 0.692. The van der Waals surface area contributed by atoms with Gasteiger partial charge in [0.2, 0.25) is 0 Å². The average Bonchev–Trinajstić information content (AvgIpc) is 2.34. The van der Waals surface area contributed by atoms with E-state index < -0.39 is 0 Å². The van der Waals surface area contributed by atoms with Crippen molar-refractivity contribution in [1.82, 2.24) is 10.2 Å². The van der Waals surface area contributed by atoms with Crippen LogP contribution in [-0.4, -0.2) is 38.7 Å². The zero-order chi connectivity index (χ0) is 14.1. The molecule has 0 bridgehead atoms. The second kappa shape index (κ2) is 9.08. The summed E-state index contributed by atoms with van der Waals surface area (Å²) < 4.78 is 5.67. The van der Waals surface area contributed by atoms with Crippen molar-refractivity contribution in [1.29, 1.82) is 0 Å². The maximum absolute atomic E-state index is 5.67. The van der Waals surface area contributed by atoms with Gasteiger partial charge in [-0.15, -0.1) is 0 Å². The highest BCUT2D eigenvalue weighted by atomic mass is 16.5. The number of benzene rings is 1. The summed E-state index contributed by atoms with van der Waals surface area (Å²) in [6.45, 7) is 8.89. The molecule has 0 saturated heterocycles. The van der Waals surface area contributed by atoms with Crippen molar-refractivity contribution in [2.75, 3.05) is 33.8 Å². The molecule has 0 atom stereocenters. The number of rotatable bonds is 9. The fourth-order valence-electron chi connectivity index (χ4n) is 1.77. The quantitative estimate of drug-likeness (QED) is 0.694. The maximum Gasteiger partial charge on any atom is 0.0717 e. The lowest BCUT2D eigenvalue weighted by molar-refractivity contribution is 0.105. The standard InChI is InChI=1S/C16H28N2O/c1-14(2)11-17-12-15-6-5-7-16(10-15)13-19-9-8-18(3)4/h5-7,10,14,17H,8-9,11-13H2,1-4H3. The minimum Gasteiger partial charge on any atom is -0.375 e. The van der Waals surface area contributed by atoms with E-state index >= 15 is 0 Å². The molecule has 0 spiro atoms. The lowest BCUT2D eigenvalue weighted by Gasteiger charge is -2.11. The molecule has 1 aromatic rings. The van der Waals surface area contributed by atoms with Crippen LogP contribution < -0.4 is 5.32 Å². The zero-order valence-electron chi connectivity index (χ0n) is 12.8. The van der Waals surface area contributed by atoms with Gasteiger partial charge in [-0.1, -0.05) is 38.1 Å². The minimum absolute atomic E-state index is 0.692. The third kappa shape index (κ3) is 7.98. The van der Waals surface area contributed by atoms with Crippen LogP contribution in [0.25, 0.3) is 0 Å². The fraction of sp³-hybridized carbons (Fsp3) is 0.625. The predicted molar refractivity (Wildman–Crippen MR) is 81.2 cm³/mol. The van der Waals surface area contributed by atoms with Crippen LogP contribution in [0.4, 0.5) is 0 Å². The van der Waals surface area contributed by atoms with Gasteiger partial charge in [-0.3, -0.25) is 0 Å². The molecule has 0 aliphatic rings. The Morgan fingerprint density at radius 1 is 1.21 bits per heavy atom. The first-order valence-electron chi connectivity index (χ1n) is 7.09. The molecule has 3 heteroatoms. The van der Waals surface area contributed by atoms with E-state index in [1.54, 1.807) is 0 Å². The van der Waals surface area contributed by atoms with E-state index in [-0.39, 0.29) is 0 Å². The molecule has 0 amide bonds. The fourth-order valence-corrected chi connectivity index (χ4v) is 1.77. The number of nitrogens with zero attached hydrogens (tertiary/aromatic N) is 1. The Morgan fingerprint density at radius 3 is 2.63 bits per heavy atom. The van der Waals surface area contributed by atoms with Crippen LogP contribution in [0.2, 0.25) is 0 Å². The molecule has 0 saturated carbocycles. The highest BCUT2D eigenvalue weighted by molar-refractivity contribution is 5.22. The molecule has 0 heterocycles. The monoisotopic (exact) mass is 264 g/mol. The van der Waals surface area contributed by atoms with Crippen LogP contribution in [0, 0.1) is 5.92 Å². The van der Waals surface area contributed by atoms with Gasteiger partial charge in [-0.05, 0) is 37.7 Å². The van der Waals surface area contributed by atoms with Gasteiger partial charge >= 0.3 is 0 Å². The van der Waals surface area contributed by atoms with Crippen molar-refractivity contribution in [2.24, 2.45) is 5.92 Å². The van der Waals surface area contributed by atoms with Gasteiger partial charge in [0.05, 0.1) is 13.2 Å². The molecule has 108 valence electrons. The van der Waals surface area contributed by atoms with Crippen LogP contribution in [0.15, 0.2) is 24.3 Å².